The molecule has 30 heavy (non-hydrogen) atoms. The Morgan fingerprint density at radius 1 is 1.07 bits per heavy atom. The molecule has 1 N–H and O–H groups in total. The van der Waals surface area contributed by atoms with Crippen LogP contribution in [0.4, 0.5) is 5.69 Å². The zero-order valence-electron chi connectivity index (χ0n) is 16.8. The van der Waals surface area contributed by atoms with Crippen molar-refractivity contribution >= 4 is 44.8 Å². The lowest BCUT2D eigenvalue weighted by Crippen LogP contribution is -2.40. The SMILES string of the molecule is CS(=O)(=O)N(CC(=O)NCc1ccc(CN2CCCC2)cc1)c1cccc(Cl)c1Cl. The Morgan fingerprint density at radius 2 is 1.70 bits per heavy atom. The minimum absolute atomic E-state index is 0.0889. The Balaban J connectivity index is 1.60. The number of anilines is 1. The molecule has 162 valence electrons. The minimum Gasteiger partial charge on any atom is -0.350 e. The van der Waals surface area contributed by atoms with Crippen molar-refractivity contribution in [2.45, 2.75) is 25.9 Å². The van der Waals surface area contributed by atoms with Gasteiger partial charge in [-0.25, -0.2) is 8.42 Å². The Hall–Kier alpha value is -1.80. The molecule has 0 bridgehead atoms. The molecular formula is C21H25Cl2N3O3S. The van der Waals surface area contributed by atoms with Gasteiger partial charge in [-0.05, 0) is 49.2 Å². The van der Waals surface area contributed by atoms with Gasteiger partial charge >= 0.3 is 0 Å². The van der Waals surface area contributed by atoms with Crippen LogP contribution in [0.3, 0.4) is 0 Å². The molecule has 0 radical (unpaired) electrons. The molecule has 3 rings (SSSR count). The molecule has 1 heterocycles. The molecule has 1 aliphatic rings. The van der Waals surface area contributed by atoms with Crippen LogP contribution in [0.25, 0.3) is 0 Å². The average Bonchev–Trinajstić information content (AvgIpc) is 3.20. The summed E-state index contributed by atoms with van der Waals surface area (Å²) in [5, 5.41) is 3.07. The third-order valence-corrected chi connectivity index (χ3v) is 6.94. The van der Waals surface area contributed by atoms with Crippen LogP contribution in [0.1, 0.15) is 24.0 Å². The molecule has 9 heteroatoms. The molecule has 6 nitrogen and oxygen atoms in total. The van der Waals surface area contributed by atoms with Crippen LogP contribution >= 0.6 is 23.2 Å². The van der Waals surface area contributed by atoms with E-state index < -0.39 is 15.9 Å². The van der Waals surface area contributed by atoms with Crippen molar-refractivity contribution in [1.82, 2.24) is 10.2 Å². The predicted molar refractivity (Wildman–Crippen MR) is 121 cm³/mol. The fourth-order valence-electron chi connectivity index (χ4n) is 3.41. The third kappa shape index (κ3) is 6.11. The van der Waals surface area contributed by atoms with E-state index in [1.807, 2.05) is 12.1 Å². The van der Waals surface area contributed by atoms with E-state index in [-0.39, 0.29) is 22.3 Å². The van der Waals surface area contributed by atoms with Crippen LogP contribution in [0, 0.1) is 0 Å². The van der Waals surface area contributed by atoms with Gasteiger partial charge < -0.3 is 5.32 Å². The average molecular weight is 470 g/mol. The fraction of sp³-hybridized carbons (Fsp3) is 0.381. The van der Waals surface area contributed by atoms with Gasteiger partial charge in [-0.15, -0.1) is 0 Å². The van der Waals surface area contributed by atoms with E-state index >= 15 is 0 Å². The van der Waals surface area contributed by atoms with Crippen molar-refractivity contribution in [2.75, 3.05) is 30.2 Å². The standard InChI is InChI=1S/C21H25Cl2N3O3S/c1-30(28,29)26(19-6-4-5-18(22)21(19)23)15-20(27)24-13-16-7-9-17(10-8-16)14-25-11-2-3-12-25/h4-10H,2-3,11-15H2,1H3,(H,24,27). The molecule has 2 aromatic rings. The van der Waals surface area contributed by atoms with Crippen LogP contribution in [0.2, 0.25) is 10.0 Å². The second-order valence-corrected chi connectivity index (χ2v) is 10.1. The van der Waals surface area contributed by atoms with Crippen molar-refractivity contribution in [2.24, 2.45) is 0 Å². The number of amides is 1. The number of nitrogens with zero attached hydrogens (tertiary/aromatic N) is 2. The molecule has 1 fully saturated rings. The van der Waals surface area contributed by atoms with Gasteiger partial charge in [-0.3, -0.25) is 14.0 Å². The van der Waals surface area contributed by atoms with E-state index in [0.717, 1.165) is 35.8 Å². The predicted octanol–water partition coefficient (Wildman–Crippen LogP) is 3.67. The highest BCUT2D eigenvalue weighted by atomic mass is 35.5. The topological polar surface area (TPSA) is 69.7 Å². The zero-order chi connectivity index (χ0) is 21.7. The Bertz CT molecular complexity index is 991. The maximum absolute atomic E-state index is 12.4. The van der Waals surface area contributed by atoms with Crippen LogP contribution < -0.4 is 9.62 Å². The number of carbonyl (C=O) groups excluding carboxylic acids is 1. The number of sulfonamides is 1. The molecule has 1 amide bonds. The lowest BCUT2D eigenvalue weighted by Gasteiger charge is -2.23. The number of nitrogens with one attached hydrogen (secondary N) is 1. The van der Waals surface area contributed by atoms with Gasteiger partial charge in [-0.1, -0.05) is 53.5 Å². The van der Waals surface area contributed by atoms with Gasteiger partial charge in [0, 0.05) is 13.1 Å². The van der Waals surface area contributed by atoms with Crippen LogP contribution in [-0.4, -0.2) is 45.1 Å². The first-order valence-corrected chi connectivity index (χ1v) is 12.3. The lowest BCUT2D eigenvalue weighted by atomic mass is 10.1. The highest BCUT2D eigenvalue weighted by Crippen LogP contribution is 2.33. The van der Waals surface area contributed by atoms with Gasteiger partial charge in [-0.2, -0.15) is 0 Å². The number of likely N-dealkylation sites (tertiary alicyclic amines) is 1. The van der Waals surface area contributed by atoms with Gasteiger partial charge in [0.05, 0.1) is 22.0 Å². The van der Waals surface area contributed by atoms with Crippen LogP contribution in [0.5, 0.6) is 0 Å². The minimum atomic E-state index is -3.73. The molecule has 1 aliphatic heterocycles. The Morgan fingerprint density at radius 3 is 2.33 bits per heavy atom. The van der Waals surface area contributed by atoms with Gasteiger partial charge in [0.25, 0.3) is 0 Å². The number of halogens is 2. The summed E-state index contributed by atoms with van der Waals surface area (Å²) in [6.07, 6.45) is 3.54. The second kappa shape index (κ2) is 10.0. The number of hydrogen-bond donors (Lipinski definition) is 1. The number of rotatable bonds is 8. The zero-order valence-corrected chi connectivity index (χ0v) is 19.1. The second-order valence-electron chi connectivity index (χ2n) is 7.42. The summed E-state index contributed by atoms with van der Waals surface area (Å²) in [6, 6.07) is 12.7. The molecule has 2 aromatic carbocycles. The van der Waals surface area contributed by atoms with Gasteiger partial charge in [0.1, 0.15) is 6.54 Å². The Labute approximate surface area is 187 Å². The van der Waals surface area contributed by atoms with Gasteiger partial charge in [0.2, 0.25) is 15.9 Å². The summed E-state index contributed by atoms with van der Waals surface area (Å²) in [7, 11) is -3.73. The summed E-state index contributed by atoms with van der Waals surface area (Å²) in [4.78, 5) is 14.9. The number of hydrogen-bond acceptors (Lipinski definition) is 4. The summed E-state index contributed by atoms with van der Waals surface area (Å²) < 4.78 is 25.4. The highest BCUT2D eigenvalue weighted by molar-refractivity contribution is 7.92. The van der Waals surface area contributed by atoms with Crippen LogP contribution in [0.15, 0.2) is 42.5 Å². The summed E-state index contributed by atoms with van der Waals surface area (Å²) in [5.41, 5.74) is 2.36. The first-order chi connectivity index (χ1) is 14.2. The number of benzene rings is 2. The molecule has 1 saturated heterocycles. The summed E-state index contributed by atoms with van der Waals surface area (Å²) in [5.74, 6) is -0.433. The van der Waals surface area contributed by atoms with E-state index in [4.69, 9.17) is 23.2 Å². The maximum atomic E-state index is 12.4. The monoisotopic (exact) mass is 469 g/mol. The molecule has 0 aromatic heterocycles. The quantitative estimate of drug-likeness (QED) is 0.639. The number of carbonyl (C=O) groups is 1. The molecule has 0 aliphatic carbocycles. The Kier molecular flexibility index (Phi) is 7.63. The largest absolute Gasteiger partial charge is 0.350 e. The van der Waals surface area contributed by atoms with E-state index in [1.54, 1.807) is 12.1 Å². The van der Waals surface area contributed by atoms with Crippen molar-refractivity contribution < 1.29 is 13.2 Å². The summed E-state index contributed by atoms with van der Waals surface area (Å²) in [6.45, 7) is 3.16. The van der Waals surface area contributed by atoms with E-state index in [9.17, 15) is 13.2 Å². The highest BCUT2D eigenvalue weighted by Gasteiger charge is 2.23. The fourth-order valence-corrected chi connectivity index (χ4v) is 4.72. The van der Waals surface area contributed by atoms with Crippen molar-refractivity contribution in [3.05, 3.63) is 63.6 Å². The molecule has 0 unspecified atom stereocenters. The third-order valence-electron chi connectivity index (χ3n) is 5.00. The lowest BCUT2D eigenvalue weighted by molar-refractivity contribution is -0.119. The normalized spacial score (nSPS) is 14.6. The molecule has 0 saturated carbocycles. The van der Waals surface area contributed by atoms with Crippen molar-refractivity contribution in [3.63, 3.8) is 0 Å². The molecular weight excluding hydrogens is 445 g/mol. The first kappa shape index (κ1) is 22.9. The van der Waals surface area contributed by atoms with E-state index in [1.165, 1.54) is 24.5 Å². The van der Waals surface area contributed by atoms with Crippen molar-refractivity contribution in [1.29, 1.82) is 0 Å². The maximum Gasteiger partial charge on any atom is 0.241 e. The van der Waals surface area contributed by atoms with E-state index in [2.05, 4.69) is 22.3 Å². The van der Waals surface area contributed by atoms with Crippen LogP contribution in [-0.2, 0) is 27.9 Å². The van der Waals surface area contributed by atoms with Gasteiger partial charge in [0.15, 0.2) is 0 Å². The van der Waals surface area contributed by atoms with E-state index in [0.29, 0.717) is 6.54 Å². The smallest absolute Gasteiger partial charge is 0.241 e. The first-order valence-electron chi connectivity index (χ1n) is 9.72. The molecule has 0 spiro atoms. The van der Waals surface area contributed by atoms with Crippen molar-refractivity contribution in [3.8, 4) is 0 Å². The molecule has 0 atom stereocenters. The summed E-state index contributed by atoms with van der Waals surface area (Å²) >= 11 is 12.1.